The van der Waals surface area contributed by atoms with Crippen LogP contribution in [0.3, 0.4) is 0 Å². The van der Waals surface area contributed by atoms with Crippen LogP contribution in [0.2, 0.25) is 0 Å². The van der Waals surface area contributed by atoms with E-state index in [1.807, 2.05) is 11.4 Å². The summed E-state index contributed by atoms with van der Waals surface area (Å²) in [5.74, 6) is -0.896. The van der Waals surface area contributed by atoms with Crippen molar-refractivity contribution in [1.29, 1.82) is 0 Å². The number of carboxylic acids is 1. The molecule has 1 aromatic heterocycles. The van der Waals surface area contributed by atoms with Crippen LogP contribution in [-0.4, -0.2) is 53.6 Å². The van der Waals surface area contributed by atoms with E-state index in [4.69, 9.17) is 5.11 Å². The summed E-state index contributed by atoms with van der Waals surface area (Å²) in [6.07, 6.45) is 4.08. The van der Waals surface area contributed by atoms with Crippen LogP contribution in [-0.2, 0) is 11.3 Å². The Balaban J connectivity index is 2.00. The van der Waals surface area contributed by atoms with Gasteiger partial charge >= 0.3 is 5.97 Å². The summed E-state index contributed by atoms with van der Waals surface area (Å²) in [6, 6.07) is 2.62. The first-order valence-corrected chi connectivity index (χ1v) is 7.88. The van der Waals surface area contributed by atoms with Crippen molar-refractivity contribution in [2.75, 3.05) is 26.7 Å². The molecule has 1 aromatic rings. The fraction of sp³-hybridized carbons (Fsp3) is 0.533. The van der Waals surface area contributed by atoms with Gasteiger partial charge in [0.1, 0.15) is 0 Å². The van der Waals surface area contributed by atoms with E-state index in [0.717, 1.165) is 31.7 Å². The highest BCUT2D eigenvalue weighted by Crippen LogP contribution is 2.22. The monoisotopic (exact) mass is 294 g/mol. The standard InChI is InChI=1S/C15H22N2O2S/c1-3-13-10-17(8-7-16(13)2)11-14-12(6-9-20-14)4-5-15(18)19/h4-6,9,13H,3,7-8,10-11H2,1-2H3,(H,18,19). The van der Waals surface area contributed by atoms with Crippen LogP contribution in [0.4, 0.5) is 0 Å². The predicted octanol–water partition coefficient (Wildman–Crippen LogP) is 2.37. The van der Waals surface area contributed by atoms with Crippen molar-refractivity contribution >= 4 is 23.4 Å². The molecule has 0 radical (unpaired) electrons. The van der Waals surface area contributed by atoms with Crippen molar-refractivity contribution in [2.45, 2.75) is 25.9 Å². The van der Waals surface area contributed by atoms with Gasteiger partial charge in [-0.15, -0.1) is 11.3 Å². The van der Waals surface area contributed by atoms with Crippen LogP contribution in [0.5, 0.6) is 0 Å². The van der Waals surface area contributed by atoms with Crippen molar-refractivity contribution in [3.8, 4) is 0 Å². The lowest BCUT2D eigenvalue weighted by Gasteiger charge is -2.39. The number of carbonyl (C=O) groups is 1. The maximum atomic E-state index is 10.6. The van der Waals surface area contributed by atoms with Gasteiger partial charge in [0.15, 0.2) is 0 Å². The number of carboxylic acid groups (broad SMARTS) is 1. The van der Waals surface area contributed by atoms with Gasteiger partial charge in [0, 0.05) is 43.2 Å². The number of piperazine rings is 1. The van der Waals surface area contributed by atoms with Gasteiger partial charge in [-0.1, -0.05) is 6.92 Å². The molecular formula is C15H22N2O2S. The molecule has 0 bridgehead atoms. The van der Waals surface area contributed by atoms with Gasteiger partial charge in [-0.2, -0.15) is 0 Å². The van der Waals surface area contributed by atoms with E-state index in [2.05, 4.69) is 23.8 Å². The highest BCUT2D eigenvalue weighted by Gasteiger charge is 2.23. The molecule has 20 heavy (non-hydrogen) atoms. The highest BCUT2D eigenvalue weighted by molar-refractivity contribution is 7.10. The zero-order chi connectivity index (χ0) is 14.5. The van der Waals surface area contributed by atoms with Crippen LogP contribution in [0.25, 0.3) is 6.08 Å². The molecule has 0 aliphatic carbocycles. The average Bonchev–Trinajstić information content (AvgIpc) is 2.86. The zero-order valence-corrected chi connectivity index (χ0v) is 12.9. The first-order chi connectivity index (χ1) is 9.60. The topological polar surface area (TPSA) is 43.8 Å². The Labute approximate surface area is 124 Å². The van der Waals surface area contributed by atoms with E-state index in [0.29, 0.717) is 6.04 Å². The number of aliphatic carboxylic acids is 1. The lowest BCUT2D eigenvalue weighted by atomic mass is 10.1. The Morgan fingerprint density at radius 1 is 1.55 bits per heavy atom. The third kappa shape index (κ3) is 3.91. The predicted molar refractivity (Wildman–Crippen MR) is 83.0 cm³/mol. The number of nitrogens with zero attached hydrogens (tertiary/aromatic N) is 2. The molecule has 2 heterocycles. The summed E-state index contributed by atoms with van der Waals surface area (Å²) in [4.78, 5) is 16.8. The maximum Gasteiger partial charge on any atom is 0.328 e. The molecule has 4 nitrogen and oxygen atoms in total. The van der Waals surface area contributed by atoms with E-state index < -0.39 is 5.97 Å². The molecule has 1 aliphatic rings. The lowest BCUT2D eigenvalue weighted by Crippen LogP contribution is -2.50. The Bertz CT molecular complexity index is 484. The van der Waals surface area contributed by atoms with Crippen molar-refractivity contribution in [1.82, 2.24) is 9.80 Å². The normalized spacial score (nSPS) is 21.6. The average molecular weight is 294 g/mol. The number of thiophene rings is 1. The molecule has 0 saturated carbocycles. The van der Waals surface area contributed by atoms with E-state index in [1.165, 1.54) is 17.4 Å². The molecule has 1 N–H and O–H groups in total. The molecule has 2 rings (SSSR count). The first kappa shape index (κ1) is 15.2. The molecule has 1 saturated heterocycles. The van der Waals surface area contributed by atoms with E-state index in [-0.39, 0.29) is 0 Å². The Morgan fingerprint density at radius 3 is 3.05 bits per heavy atom. The van der Waals surface area contributed by atoms with Gasteiger partial charge in [0.2, 0.25) is 0 Å². The fourth-order valence-corrected chi connectivity index (χ4v) is 3.49. The van der Waals surface area contributed by atoms with Gasteiger partial charge in [-0.3, -0.25) is 4.90 Å². The maximum absolute atomic E-state index is 10.6. The van der Waals surface area contributed by atoms with Crippen LogP contribution in [0.1, 0.15) is 23.8 Å². The van der Waals surface area contributed by atoms with Crippen LogP contribution >= 0.6 is 11.3 Å². The minimum Gasteiger partial charge on any atom is -0.478 e. The second-order valence-corrected chi connectivity index (χ2v) is 6.25. The van der Waals surface area contributed by atoms with Crippen molar-refractivity contribution in [2.24, 2.45) is 0 Å². The Kier molecular flexibility index (Phi) is 5.34. The molecule has 1 atom stereocenters. The number of rotatable bonds is 5. The summed E-state index contributed by atoms with van der Waals surface area (Å²) >= 11 is 1.71. The molecule has 0 aromatic carbocycles. The molecule has 0 amide bonds. The quantitative estimate of drug-likeness (QED) is 0.847. The summed E-state index contributed by atoms with van der Waals surface area (Å²) in [6.45, 7) is 6.42. The summed E-state index contributed by atoms with van der Waals surface area (Å²) in [5.41, 5.74) is 1.03. The van der Waals surface area contributed by atoms with Gasteiger partial charge in [-0.05, 0) is 36.6 Å². The molecule has 1 fully saturated rings. The van der Waals surface area contributed by atoms with Crippen molar-refractivity contribution in [3.05, 3.63) is 28.0 Å². The SMILES string of the molecule is CCC1CN(Cc2sccc2C=CC(=O)O)CCN1C. The molecule has 1 aliphatic heterocycles. The second-order valence-electron chi connectivity index (χ2n) is 5.25. The third-order valence-corrected chi connectivity index (χ3v) is 4.81. The third-order valence-electron chi connectivity index (χ3n) is 3.89. The number of likely N-dealkylation sites (N-methyl/N-ethyl adjacent to an activating group) is 1. The minimum absolute atomic E-state index is 0.627. The van der Waals surface area contributed by atoms with Gasteiger partial charge in [-0.25, -0.2) is 4.79 Å². The second kappa shape index (κ2) is 7.02. The first-order valence-electron chi connectivity index (χ1n) is 7.00. The number of hydrogen-bond acceptors (Lipinski definition) is 4. The zero-order valence-electron chi connectivity index (χ0n) is 12.1. The number of hydrogen-bond donors (Lipinski definition) is 1. The van der Waals surface area contributed by atoms with Gasteiger partial charge in [0.25, 0.3) is 0 Å². The van der Waals surface area contributed by atoms with Gasteiger partial charge in [0.05, 0.1) is 0 Å². The van der Waals surface area contributed by atoms with Gasteiger partial charge < -0.3 is 10.0 Å². The van der Waals surface area contributed by atoms with Crippen molar-refractivity contribution < 1.29 is 9.90 Å². The molecule has 1 unspecified atom stereocenters. The molecule has 5 heteroatoms. The minimum atomic E-state index is -0.896. The fourth-order valence-electron chi connectivity index (χ4n) is 2.59. The van der Waals surface area contributed by atoms with Crippen molar-refractivity contribution in [3.63, 3.8) is 0 Å². The summed E-state index contributed by atoms with van der Waals surface area (Å²) < 4.78 is 0. The Morgan fingerprint density at radius 2 is 2.35 bits per heavy atom. The van der Waals surface area contributed by atoms with Crippen LogP contribution < -0.4 is 0 Å². The summed E-state index contributed by atoms with van der Waals surface area (Å²) in [5, 5.41) is 10.8. The van der Waals surface area contributed by atoms with E-state index in [1.54, 1.807) is 17.4 Å². The summed E-state index contributed by atoms with van der Waals surface area (Å²) in [7, 11) is 2.19. The van der Waals surface area contributed by atoms with Crippen LogP contribution in [0, 0.1) is 0 Å². The largest absolute Gasteiger partial charge is 0.478 e. The Hall–Kier alpha value is -1.17. The lowest BCUT2D eigenvalue weighted by molar-refractivity contribution is -0.131. The molecule has 0 spiro atoms. The van der Waals surface area contributed by atoms with E-state index in [9.17, 15) is 4.79 Å². The molecular weight excluding hydrogens is 272 g/mol. The molecule has 110 valence electrons. The van der Waals surface area contributed by atoms with E-state index >= 15 is 0 Å². The highest BCUT2D eigenvalue weighted by atomic mass is 32.1. The smallest absolute Gasteiger partial charge is 0.328 e. The van der Waals surface area contributed by atoms with Crippen LogP contribution in [0.15, 0.2) is 17.5 Å².